The van der Waals surface area contributed by atoms with E-state index in [0.717, 1.165) is 25.7 Å². The van der Waals surface area contributed by atoms with Crippen molar-refractivity contribution in [2.45, 2.75) is 154 Å². The van der Waals surface area contributed by atoms with Gasteiger partial charge in [-0.05, 0) is 51.2 Å². The van der Waals surface area contributed by atoms with E-state index in [1.807, 2.05) is 13.8 Å². The fourth-order valence-electron chi connectivity index (χ4n) is 4.35. The van der Waals surface area contributed by atoms with Gasteiger partial charge in [-0.2, -0.15) is 0 Å². The molecule has 4 atom stereocenters. The molecule has 0 spiro atoms. The molecule has 1 N–H and O–H groups in total. The van der Waals surface area contributed by atoms with Crippen molar-refractivity contribution in [2.75, 3.05) is 20.5 Å². The number of hydrogen-bond acceptors (Lipinski definition) is 6. The van der Waals surface area contributed by atoms with Gasteiger partial charge in [0.15, 0.2) is 14.1 Å². The van der Waals surface area contributed by atoms with Crippen LogP contribution in [-0.4, -0.2) is 64.1 Å². The first-order valence-corrected chi connectivity index (χ1v) is 16.5. The van der Waals surface area contributed by atoms with Crippen molar-refractivity contribution in [3.05, 3.63) is 0 Å². The lowest BCUT2D eigenvalue weighted by Gasteiger charge is -2.39. The minimum atomic E-state index is -1.75. The predicted octanol–water partition coefficient (Wildman–Crippen LogP) is 6.80. The Kier molecular flexibility index (Phi) is 14.4. The molecular weight excluding hydrogens is 448 g/mol. The SMILES string of the molecule is CCCCC[C@H](CCCCC[C@H](C[C@@H]1OC(C)(C)O[C@@H]1CO)OCOC)O[Si](C)(C)C(C)(C)C. The van der Waals surface area contributed by atoms with Crippen LogP contribution in [0.15, 0.2) is 0 Å². The summed E-state index contributed by atoms with van der Waals surface area (Å²) in [5, 5.41) is 9.93. The van der Waals surface area contributed by atoms with E-state index in [1.54, 1.807) is 7.11 Å². The van der Waals surface area contributed by atoms with Crippen LogP contribution in [0.25, 0.3) is 0 Å². The van der Waals surface area contributed by atoms with E-state index >= 15 is 0 Å². The van der Waals surface area contributed by atoms with Gasteiger partial charge in [-0.1, -0.05) is 66.2 Å². The van der Waals surface area contributed by atoms with E-state index in [9.17, 15) is 5.11 Å². The molecule has 7 heteroatoms. The highest BCUT2D eigenvalue weighted by atomic mass is 28.4. The Balaban J connectivity index is 2.53. The minimum absolute atomic E-state index is 0.0281. The fraction of sp³-hybridized carbons (Fsp3) is 1.00. The summed E-state index contributed by atoms with van der Waals surface area (Å²) in [7, 11) is -0.107. The van der Waals surface area contributed by atoms with Gasteiger partial charge < -0.3 is 28.5 Å². The number of aliphatic hydroxyl groups excluding tert-OH is 1. The number of ether oxygens (including phenoxy) is 4. The van der Waals surface area contributed by atoms with Crippen molar-refractivity contribution in [1.29, 1.82) is 0 Å². The van der Waals surface area contributed by atoms with Crippen molar-refractivity contribution >= 4 is 8.32 Å². The summed E-state index contributed by atoms with van der Waals surface area (Å²) in [6, 6.07) is 0. The van der Waals surface area contributed by atoms with Crippen LogP contribution < -0.4 is 0 Å². The molecule has 0 aromatic carbocycles. The Bertz CT molecular complexity index is 534. The molecule has 1 aliphatic heterocycles. The van der Waals surface area contributed by atoms with Gasteiger partial charge in [-0.25, -0.2) is 0 Å². The van der Waals surface area contributed by atoms with E-state index in [0.29, 0.717) is 12.5 Å². The molecule has 6 nitrogen and oxygen atoms in total. The van der Waals surface area contributed by atoms with Gasteiger partial charge in [0.1, 0.15) is 12.9 Å². The Morgan fingerprint density at radius 2 is 1.47 bits per heavy atom. The predicted molar refractivity (Wildman–Crippen MR) is 142 cm³/mol. The van der Waals surface area contributed by atoms with Crippen LogP contribution in [0.5, 0.6) is 0 Å². The second-order valence-electron chi connectivity index (χ2n) is 12.0. The molecule has 0 aromatic heterocycles. The summed E-state index contributed by atoms with van der Waals surface area (Å²) in [4.78, 5) is 0. The normalized spacial score (nSPS) is 22.8. The molecule has 1 heterocycles. The van der Waals surface area contributed by atoms with Gasteiger partial charge in [0.2, 0.25) is 0 Å². The van der Waals surface area contributed by atoms with Crippen LogP contribution in [0.3, 0.4) is 0 Å². The van der Waals surface area contributed by atoms with Crippen LogP contribution in [0.2, 0.25) is 18.1 Å². The second-order valence-corrected chi connectivity index (χ2v) is 16.7. The average molecular weight is 505 g/mol. The maximum Gasteiger partial charge on any atom is 0.192 e. The van der Waals surface area contributed by atoms with Crippen LogP contribution in [-0.2, 0) is 23.4 Å². The van der Waals surface area contributed by atoms with Gasteiger partial charge in [-0.3, -0.25) is 0 Å². The highest BCUT2D eigenvalue weighted by molar-refractivity contribution is 6.74. The van der Waals surface area contributed by atoms with Crippen LogP contribution in [0.4, 0.5) is 0 Å². The summed E-state index contributed by atoms with van der Waals surface area (Å²) < 4.78 is 29.8. The highest BCUT2D eigenvalue weighted by Crippen LogP contribution is 2.38. The third-order valence-electron chi connectivity index (χ3n) is 7.33. The van der Waals surface area contributed by atoms with Gasteiger partial charge in [-0.15, -0.1) is 0 Å². The van der Waals surface area contributed by atoms with Crippen molar-refractivity contribution in [3.63, 3.8) is 0 Å². The number of methoxy groups -OCH3 is 1. The first-order chi connectivity index (χ1) is 15.8. The summed E-state index contributed by atoms with van der Waals surface area (Å²) in [5.41, 5.74) is 0. The molecule has 1 saturated heterocycles. The Hall–Kier alpha value is -0.0231. The summed E-state index contributed by atoms with van der Waals surface area (Å²) in [6.45, 7) is 18.0. The Morgan fingerprint density at radius 3 is 2.00 bits per heavy atom. The van der Waals surface area contributed by atoms with Crippen molar-refractivity contribution in [1.82, 2.24) is 0 Å². The van der Waals surface area contributed by atoms with Crippen molar-refractivity contribution in [2.24, 2.45) is 0 Å². The molecule has 34 heavy (non-hydrogen) atoms. The maximum atomic E-state index is 9.68. The molecule has 1 aliphatic rings. The first-order valence-electron chi connectivity index (χ1n) is 13.6. The van der Waals surface area contributed by atoms with Crippen molar-refractivity contribution in [3.8, 4) is 0 Å². The smallest absolute Gasteiger partial charge is 0.192 e. The maximum absolute atomic E-state index is 9.68. The molecule has 0 aliphatic carbocycles. The van der Waals surface area contributed by atoms with Gasteiger partial charge >= 0.3 is 0 Å². The number of rotatable bonds is 18. The lowest BCUT2D eigenvalue weighted by Crippen LogP contribution is -2.44. The largest absolute Gasteiger partial charge is 0.414 e. The third kappa shape index (κ3) is 11.8. The van der Waals surface area contributed by atoms with E-state index < -0.39 is 14.1 Å². The molecular formula is C27H56O6Si. The first kappa shape index (κ1) is 32.0. The molecule has 0 amide bonds. The molecule has 0 unspecified atom stereocenters. The monoisotopic (exact) mass is 504 g/mol. The van der Waals surface area contributed by atoms with E-state index in [-0.39, 0.29) is 36.7 Å². The standard InChI is InChI=1S/C27H56O6Si/c1-10-11-13-16-22(33-34(8,9)26(2,3)4)17-14-12-15-18-23(30-21-29-7)19-24-25(20-28)32-27(5,6)31-24/h22-25,28H,10-21H2,1-9H3/t22-,23-,24+,25-/m1/s1. The van der Waals surface area contributed by atoms with Gasteiger partial charge in [0.25, 0.3) is 0 Å². The lowest BCUT2D eigenvalue weighted by molar-refractivity contribution is -0.153. The summed E-state index contributed by atoms with van der Waals surface area (Å²) >= 11 is 0. The van der Waals surface area contributed by atoms with E-state index in [4.69, 9.17) is 23.4 Å². The summed E-state index contributed by atoms with van der Waals surface area (Å²) in [6.07, 6.45) is 11.1. The number of aliphatic hydroxyl groups is 1. The third-order valence-corrected chi connectivity index (χ3v) is 11.9. The van der Waals surface area contributed by atoms with Gasteiger partial charge in [0.05, 0.1) is 18.8 Å². The van der Waals surface area contributed by atoms with Crippen molar-refractivity contribution < 1.29 is 28.5 Å². The minimum Gasteiger partial charge on any atom is -0.414 e. The zero-order valence-corrected chi connectivity index (χ0v) is 24.8. The van der Waals surface area contributed by atoms with Crippen LogP contribution in [0.1, 0.15) is 106 Å². The molecule has 204 valence electrons. The topological polar surface area (TPSA) is 66.4 Å². The number of unbranched alkanes of at least 4 members (excludes halogenated alkanes) is 4. The zero-order chi connectivity index (χ0) is 25.8. The Morgan fingerprint density at radius 1 is 0.912 bits per heavy atom. The van der Waals surface area contributed by atoms with Gasteiger partial charge in [0, 0.05) is 19.6 Å². The quantitative estimate of drug-likeness (QED) is 0.126. The molecule has 0 radical (unpaired) electrons. The molecule has 1 rings (SSSR count). The number of hydrogen-bond donors (Lipinski definition) is 1. The lowest BCUT2D eigenvalue weighted by atomic mass is 10.00. The fourth-order valence-corrected chi connectivity index (χ4v) is 5.78. The Labute approximate surface area is 211 Å². The summed E-state index contributed by atoms with van der Waals surface area (Å²) in [5.74, 6) is -0.666. The second kappa shape index (κ2) is 15.3. The zero-order valence-electron chi connectivity index (χ0n) is 23.8. The molecule has 0 bridgehead atoms. The average Bonchev–Trinajstić information content (AvgIpc) is 3.03. The van der Waals surface area contributed by atoms with Crippen LogP contribution >= 0.6 is 0 Å². The molecule has 0 saturated carbocycles. The molecule has 1 fully saturated rings. The highest BCUT2D eigenvalue weighted by Gasteiger charge is 2.42. The van der Waals surface area contributed by atoms with E-state index in [1.165, 1.54) is 32.1 Å². The van der Waals surface area contributed by atoms with Crippen LogP contribution in [0, 0.1) is 0 Å². The van der Waals surface area contributed by atoms with E-state index in [2.05, 4.69) is 40.8 Å². The molecule has 0 aromatic rings.